The van der Waals surface area contributed by atoms with Crippen LogP contribution in [0.3, 0.4) is 0 Å². The second-order valence-corrected chi connectivity index (χ2v) is 7.16. The van der Waals surface area contributed by atoms with Crippen molar-refractivity contribution < 1.29 is 4.79 Å². The van der Waals surface area contributed by atoms with E-state index in [0.29, 0.717) is 22.2 Å². The number of fused-ring (bicyclic) bond motifs is 1. The number of hydrogen-bond donors (Lipinski definition) is 1. The van der Waals surface area contributed by atoms with Gasteiger partial charge in [-0.25, -0.2) is 19.5 Å². The van der Waals surface area contributed by atoms with Gasteiger partial charge in [0.25, 0.3) is 5.91 Å². The van der Waals surface area contributed by atoms with Crippen molar-refractivity contribution in [1.29, 1.82) is 0 Å². The third kappa shape index (κ3) is 2.57. The predicted octanol–water partition coefficient (Wildman–Crippen LogP) is 3.18. The van der Waals surface area contributed by atoms with Gasteiger partial charge in [-0.15, -0.1) is 27.8 Å². The Morgan fingerprint density at radius 1 is 1.29 bits per heavy atom. The molecule has 1 amide bonds. The van der Waals surface area contributed by atoms with Gasteiger partial charge in [0.05, 0.1) is 21.1 Å². The highest BCUT2D eigenvalue weighted by Crippen LogP contribution is 2.28. The number of carbonyl (C=O) groups excluding carboxylic acids is 1. The molecule has 0 saturated heterocycles. The van der Waals surface area contributed by atoms with Crippen molar-refractivity contribution >= 4 is 39.4 Å². The fourth-order valence-electron chi connectivity index (χ4n) is 2.37. The van der Waals surface area contributed by atoms with Crippen LogP contribution in [0.15, 0.2) is 29.9 Å². The molecule has 0 saturated carbocycles. The lowest BCUT2D eigenvalue weighted by Crippen LogP contribution is -2.13. The first-order valence-electron chi connectivity index (χ1n) is 7.12. The molecule has 4 rings (SSSR count). The molecule has 0 aliphatic rings. The highest BCUT2D eigenvalue weighted by atomic mass is 32.1. The van der Waals surface area contributed by atoms with Crippen molar-refractivity contribution in [2.75, 3.05) is 5.32 Å². The summed E-state index contributed by atoms with van der Waals surface area (Å²) in [6.07, 6.45) is 3.42. The van der Waals surface area contributed by atoms with Gasteiger partial charge in [-0.1, -0.05) is 0 Å². The molecule has 0 radical (unpaired) electrons. The van der Waals surface area contributed by atoms with E-state index < -0.39 is 0 Å². The molecule has 0 bridgehead atoms. The van der Waals surface area contributed by atoms with E-state index in [2.05, 4.69) is 25.4 Å². The molecule has 0 unspecified atom stereocenters. The molecule has 0 aliphatic heterocycles. The van der Waals surface area contributed by atoms with Crippen LogP contribution in [0.4, 0.5) is 5.13 Å². The van der Waals surface area contributed by atoms with Gasteiger partial charge in [-0.2, -0.15) is 0 Å². The lowest BCUT2D eigenvalue weighted by Gasteiger charge is -2.02. The summed E-state index contributed by atoms with van der Waals surface area (Å²) >= 11 is 2.91. The Labute approximate surface area is 145 Å². The number of pyridine rings is 1. The number of carbonyl (C=O) groups is 1. The van der Waals surface area contributed by atoms with Crippen molar-refractivity contribution in [3.8, 4) is 10.7 Å². The number of thiazole rings is 2. The molecule has 0 fully saturated rings. The summed E-state index contributed by atoms with van der Waals surface area (Å²) in [5.74, 6) is 0.319. The number of hydrogen-bond acceptors (Lipinski definition) is 7. The summed E-state index contributed by atoms with van der Waals surface area (Å²) in [6.45, 7) is 3.88. The highest BCUT2D eigenvalue weighted by molar-refractivity contribution is 7.15. The SMILES string of the molecule is Cc1nc(C)c(-c2nc3c(C(=O)Nc4nccs4)cccn3n2)s1. The van der Waals surface area contributed by atoms with Crippen LogP contribution in [0.2, 0.25) is 0 Å². The van der Waals surface area contributed by atoms with E-state index in [9.17, 15) is 4.79 Å². The first-order chi connectivity index (χ1) is 11.6. The van der Waals surface area contributed by atoms with Crippen LogP contribution in [0.5, 0.6) is 0 Å². The van der Waals surface area contributed by atoms with Crippen LogP contribution in [-0.4, -0.2) is 30.5 Å². The van der Waals surface area contributed by atoms with E-state index in [1.807, 2.05) is 13.8 Å². The summed E-state index contributed by atoms with van der Waals surface area (Å²) in [5.41, 5.74) is 1.85. The van der Waals surface area contributed by atoms with Crippen molar-refractivity contribution in [3.63, 3.8) is 0 Å². The lowest BCUT2D eigenvalue weighted by molar-refractivity contribution is 0.102. The normalized spacial score (nSPS) is 11.1. The smallest absolute Gasteiger partial charge is 0.261 e. The third-order valence-corrected chi connectivity index (χ3v) is 5.12. The van der Waals surface area contributed by atoms with Crippen LogP contribution in [0, 0.1) is 13.8 Å². The zero-order chi connectivity index (χ0) is 16.7. The van der Waals surface area contributed by atoms with Gasteiger partial charge >= 0.3 is 0 Å². The van der Waals surface area contributed by atoms with Gasteiger partial charge in [0.15, 0.2) is 16.6 Å². The molecule has 4 aromatic rings. The first-order valence-corrected chi connectivity index (χ1v) is 8.82. The zero-order valence-corrected chi connectivity index (χ0v) is 14.5. The molecule has 4 heterocycles. The Morgan fingerprint density at radius 3 is 2.88 bits per heavy atom. The number of nitrogens with zero attached hydrogens (tertiary/aromatic N) is 5. The molecule has 24 heavy (non-hydrogen) atoms. The van der Waals surface area contributed by atoms with Crippen molar-refractivity contribution in [2.45, 2.75) is 13.8 Å². The highest BCUT2D eigenvalue weighted by Gasteiger charge is 2.18. The van der Waals surface area contributed by atoms with Crippen molar-refractivity contribution in [1.82, 2.24) is 24.6 Å². The van der Waals surface area contributed by atoms with Crippen molar-refractivity contribution in [2.24, 2.45) is 0 Å². The van der Waals surface area contributed by atoms with Crippen LogP contribution in [0.25, 0.3) is 16.3 Å². The van der Waals surface area contributed by atoms with E-state index in [-0.39, 0.29) is 5.91 Å². The molecule has 4 aromatic heterocycles. The summed E-state index contributed by atoms with van der Waals surface area (Å²) in [6, 6.07) is 3.49. The number of amides is 1. The second-order valence-electron chi connectivity index (χ2n) is 5.06. The number of aromatic nitrogens is 5. The number of nitrogens with one attached hydrogen (secondary N) is 1. The van der Waals surface area contributed by atoms with E-state index in [1.165, 1.54) is 11.3 Å². The minimum absolute atomic E-state index is 0.258. The standard InChI is InChI=1S/C15H12N6OS2/c1-8-11(24-9(2)17-8)12-18-13-10(4-3-6-21(13)20-12)14(22)19-15-16-5-7-23-15/h3-7H,1-2H3,(H,16,19,22). The number of anilines is 1. The Hall–Kier alpha value is -2.65. The molecule has 1 N–H and O–H groups in total. The van der Waals surface area contributed by atoms with Crippen LogP contribution in [0.1, 0.15) is 21.1 Å². The molecule has 120 valence electrons. The van der Waals surface area contributed by atoms with Gasteiger partial charge in [0.1, 0.15) is 0 Å². The number of rotatable bonds is 3. The summed E-state index contributed by atoms with van der Waals surface area (Å²) in [7, 11) is 0. The Bertz CT molecular complexity index is 1030. The zero-order valence-electron chi connectivity index (χ0n) is 12.8. The third-order valence-electron chi connectivity index (χ3n) is 3.37. The summed E-state index contributed by atoms with van der Waals surface area (Å²) in [5, 5.41) is 10.6. The molecule has 7 nitrogen and oxygen atoms in total. The van der Waals surface area contributed by atoms with Crippen LogP contribution < -0.4 is 5.32 Å². The van der Waals surface area contributed by atoms with Crippen LogP contribution >= 0.6 is 22.7 Å². The molecule has 0 atom stereocenters. The number of aryl methyl sites for hydroxylation is 2. The van der Waals surface area contributed by atoms with Gasteiger partial charge in [0.2, 0.25) is 0 Å². The molecule has 0 aromatic carbocycles. The van der Waals surface area contributed by atoms with E-state index >= 15 is 0 Å². The first kappa shape index (κ1) is 14.9. The average molecular weight is 356 g/mol. The maximum Gasteiger partial charge on any atom is 0.261 e. The maximum absolute atomic E-state index is 12.5. The monoisotopic (exact) mass is 356 g/mol. The van der Waals surface area contributed by atoms with Gasteiger partial charge in [-0.3, -0.25) is 10.1 Å². The molecule has 0 spiro atoms. The van der Waals surface area contributed by atoms with E-state index in [0.717, 1.165) is 15.6 Å². The lowest BCUT2D eigenvalue weighted by atomic mass is 10.2. The molecule has 9 heteroatoms. The van der Waals surface area contributed by atoms with Crippen molar-refractivity contribution in [3.05, 3.63) is 46.2 Å². The molecular weight excluding hydrogens is 344 g/mol. The quantitative estimate of drug-likeness (QED) is 0.609. The summed E-state index contributed by atoms with van der Waals surface area (Å²) < 4.78 is 1.61. The van der Waals surface area contributed by atoms with E-state index in [4.69, 9.17) is 0 Å². The van der Waals surface area contributed by atoms with E-state index in [1.54, 1.807) is 45.8 Å². The van der Waals surface area contributed by atoms with Gasteiger partial charge < -0.3 is 0 Å². The fraction of sp³-hybridized carbons (Fsp3) is 0.133. The minimum atomic E-state index is -0.258. The van der Waals surface area contributed by atoms with Crippen LogP contribution in [-0.2, 0) is 0 Å². The minimum Gasteiger partial charge on any atom is -0.298 e. The fourth-order valence-corrected chi connectivity index (χ4v) is 3.74. The maximum atomic E-state index is 12.5. The molecule has 0 aliphatic carbocycles. The second kappa shape index (κ2) is 5.77. The molecular formula is C15H12N6OS2. The topological polar surface area (TPSA) is 85.1 Å². The Morgan fingerprint density at radius 2 is 2.17 bits per heavy atom. The Balaban J connectivity index is 1.77. The average Bonchev–Trinajstić information content (AvgIpc) is 3.26. The predicted molar refractivity (Wildman–Crippen MR) is 93.6 cm³/mol. The largest absolute Gasteiger partial charge is 0.298 e. The van der Waals surface area contributed by atoms with Gasteiger partial charge in [-0.05, 0) is 26.0 Å². The summed E-state index contributed by atoms with van der Waals surface area (Å²) in [4.78, 5) is 26.5. The Kier molecular flexibility index (Phi) is 3.58. The van der Waals surface area contributed by atoms with Gasteiger partial charge in [0, 0.05) is 17.8 Å².